The van der Waals surface area contributed by atoms with Gasteiger partial charge >= 0.3 is 0 Å². The van der Waals surface area contributed by atoms with Crippen LogP contribution in [-0.2, 0) is 10.8 Å². The smallest absolute Gasteiger partial charge is 0.0296 e. The molecule has 44 heavy (non-hydrogen) atoms. The van der Waals surface area contributed by atoms with Crippen molar-refractivity contribution >= 4 is 0 Å². The Morgan fingerprint density at radius 3 is 1.05 bits per heavy atom. The summed E-state index contributed by atoms with van der Waals surface area (Å²) in [7, 11) is 0. The molecule has 0 atom stereocenters. The van der Waals surface area contributed by atoms with Crippen molar-refractivity contribution in [3.8, 4) is 34.6 Å². The number of terminal acetylenes is 1. The van der Waals surface area contributed by atoms with Crippen LogP contribution in [0.2, 0.25) is 0 Å². The average molecular weight is 591 g/mol. The first-order valence-electron chi connectivity index (χ1n) is 16.9. The zero-order valence-corrected chi connectivity index (χ0v) is 29.1. The first-order chi connectivity index (χ1) is 21.0. The molecular weight excluding hydrogens is 528 g/mol. The maximum atomic E-state index is 5.56. The van der Waals surface area contributed by atoms with Gasteiger partial charge < -0.3 is 0 Å². The molecule has 0 fully saturated rings. The third-order valence-electron chi connectivity index (χ3n) is 8.15. The Morgan fingerprint density at radius 2 is 0.773 bits per heavy atom. The number of unbranched alkanes of at least 4 members (excludes halogenated alkanes) is 1. The normalized spacial score (nSPS) is 12.5. The van der Waals surface area contributed by atoms with Gasteiger partial charge in [-0.2, -0.15) is 0 Å². The molecule has 0 heterocycles. The Bertz CT molecular complexity index is 1310. The van der Waals surface area contributed by atoms with E-state index in [-0.39, 0.29) is 18.3 Å². The third kappa shape index (κ3) is 8.12. The summed E-state index contributed by atoms with van der Waals surface area (Å²) in [6, 6.07) is 35.0. The zero-order chi connectivity index (χ0) is 32.5. The average Bonchev–Trinajstić information content (AvgIpc) is 3.50. The second kappa shape index (κ2) is 20.4. The van der Waals surface area contributed by atoms with E-state index >= 15 is 0 Å². The van der Waals surface area contributed by atoms with Crippen LogP contribution in [0, 0.1) is 12.3 Å². The number of fused-ring (bicyclic) bond motifs is 6. The number of hydrogen-bond acceptors (Lipinski definition) is 0. The minimum atomic E-state index is -0.0259. The monoisotopic (exact) mass is 590 g/mol. The van der Waals surface area contributed by atoms with Crippen molar-refractivity contribution in [1.29, 1.82) is 0 Å². The first-order valence-corrected chi connectivity index (χ1v) is 16.9. The number of hydrogen-bond donors (Lipinski definition) is 0. The molecule has 0 radical (unpaired) electrons. The highest BCUT2D eigenvalue weighted by molar-refractivity contribution is 5.81. The molecule has 4 aromatic rings. The number of benzene rings is 4. The molecule has 0 unspecified atom stereocenters. The second-order valence-corrected chi connectivity index (χ2v) is 10.3. The second-order valence-electron chi connectivity index (χ2n) is 10.3. The van der Waals surface area contributed by atoms with Crippen molar-refractivity contribution in [2.75, 3.05) is 0 Å². The van der Waals surface area contributed by atoms with Crippen molar-refractivity contribution in [3.63, 3.8) is 0 Å². The minimum Gasteiger partial charge on any atom is -0.120 e. The van der Waals surface area contributed by atoms with Crippen LogP contribution < -0.4 is 0 Å². The highest BCUT2D eigenvalue weighted by Crippen LogP contribution is 2.51. The fourth-order valence-electron chi connectivity index (χ4n) is 6.28. The van der Waals surface area contributed by atoms with Crippen molar-refractivity contribution in [1.82, 2.24) is 0 Å². The van der Waals surface area contributed by atoms with E-state index < -0.39 is 0 Å². The molecule has 0 aliphatic heterocycles. The van der Waals surface area contributed by atoms with Crippen LogP contribution in [0.3, 0.4) is 0 Å². The van der Waals surface area contributed by atoms with Crippen molar-refractivity contribution in [2.24, 2.45) is 0 Å². The van der Waals surface area contributed by atoms with E-state index in [9.17, 15) is 0 Å². The van der Waals surface area contributed by atoms with Crippen LogP contribution >= 0.6 is 0 Å². The standard InChI is InChI=1S/C18H20.C17H14.4C2H6.CH4/c1-3-4-13-18(2)16-11-7-5-9-14(16)15-10-6-8-12-17(15)18;1-3-12-17(2)15-10-6-4-8-13(15)14-9-5-7-11-16(14)17;4*1-2;/h5-12H,3-4,13H2,1-2H3;1,4-11H,12H2,2H3;4*1-2H3;1H4. The maximum Gasteiger partial charge on any atom is 0.0296 e. The number of rotatable bonds is 4. The molecule has 0 N–H and O–H groups in total. The fraction of sp³-hybridized carbons (Fsp3) is 0.409. The summed E-state index contributed by atoms with van der Waals surface area (Å²) in [6.07, 6.45) is 10.1. The molecule has 0 amide bonds. The Kier molecular flexibility index (Phi) is 18.8. The summed E-state index contributed by atoms with van der Waals surface area (Å²) < 4.78 is 0. The van der Waals surface area contributed by atoms with Gasteiger partial charge in [-0.3, -0.25) is 0 Å². The lowest BCUT2D eigenvalue weighted by Crippen LogP contribution is -2.20. The Hall–Kier alpha value is -3.56. The van der Waals surface area contributed by atoms with E-state index in [1.807, 2.05) is 55.4 Å². The third-order valence-corrected chi connectivity index (χ3v) is 8.15. The summed E-state index contributed by atoms with van der Waals surface area (Å²) in [5, 5.41) is 0. The summed E-state index contributed by atoms with van der Waals surface area (Å²) in [5.74, 6) is 2.83. The molecule has 0 saturated heterocycles. The van der Waals surface area contributed by atoms with E-state index in [1.165, 1.54) is 63.8 Å². The van der Waals surface area contributed by atoms with Gasteiger partial charge in [-0.05, 0) is 50.9 Å². The van der Waals surface area contributed by atoms with Gasteiger partial charge in [0.15, 0.2) is 0 Å². The van der Waals surface area contributed by atoms with Crippen LogP contribution in [0.4, 0.5) is 0 Å². The zero-order valence-electron chi connectivity index (χ0n) is 29.1. The van der Waals surface area contributed by atoms with E-state index in [0.29, 0.717) is 0 Å². The lowest BCUT2D eigenvalue weighted by atomic mass is 9.76. The van der Waals surface area contributed by atoms with Gasteiger partial charge in [0.25, 0.3) is 0 Å². The van der Waals surface area contributed by atoms with Crippen LogP contribution in [-0.4, -0.2) is 0 Å². The van der Waals surface area contributed by atoms with Crippen molar-refractivity contribution < 1.29 is 0 Å². The van der Waals surface area contributed by atoms with Gasteiger partial charge in [-0.15, -0.1) is 12.3 Å². The van der Waals surface area contributed by atoms with Gasteiger partial charge in [-0.1, -0.05) is 193 Å². The lowest BCUT2D eigenvalue weighted by Gasteiger charge is -2.27. The van der Waals surface area contributed by atoms with Gasteiger partial charge in [-0.25, -0.2) is 0 Å². The van der Waals surface area contributed by atoms with Crippen molar-refractivity contribution in [2.45, 2.75) is 120 Å². The molecule has 238 valence electrons. The Labute approximate surface area is 273 Å². The molecule has 0 nitrogen and oxygen atoms in total. The molecule has 0 bridgehead atoms. The van der Waals surface area contributed by atoms with Gasteiger partial charge in [0, 0.05) is 17.3 Å². The molecular formula is C44H62. The highest BCUT2D eigenvalue weighted by atomic mass is 14.4. The fourth-order valence-corrected chi connectivity index (χ4v) is 6.28. The molecule has 4 aromatic carbocycles. The summed E-state index contributed by atoms with van der Waals surface area (Å²) in [6.45, 7) is 22.9. The summed E-state index contributed by atoms with van der Waals surface area (Å²) in [4.78, 5) is 0. The van der Waals surface area contributed by atoms with Crippen LogP contribution in [0.5, 0.6) is 0 Å². The maximum absolute atomic E-state index is 5.56. The molecule has 0 heteroatoms. The molecule has 2 aliphatic carbocycles. The van der Waals surface area contributed by atoms with E-state index in [0.717, 1.165) is 6.42 Å². The Balaban J connectivity index is 0.000000674. The first kappa shape index (κ1) is 40.4. The quantitative estimate of drug-likeness (QED) is 0.207. The van der Waals surface area contributed by atoms with Crippen LogP contribution in [0.1, 0.15) is 132 Å². The lowest BCUT2D eigenvalue weighted by molar-refractivity contribution is 0.504. The molecule has 2 aliphatic rings. The van der Waals surface area contributed by atoms with E-state index in [1.54, 1.807) is 0 Å². The van der Waals surface area contributed by atoms with E-state index in [4.69, 9.17) is 6.42 Å². The van der Waals surface area contributed by atoms with E-state index in [2.05, 4.69) is 124 Å². The molecule has 6 rings (SSSR count). The molecule has 0 aromatic heterocycles. The molecule has 0 spiro atoms. The van der Waals surface area contributed by atoms with Gasteiger partial charge in [0.1, 0.15) is 0 Å². The predicted molar refractivity (Wildman–Crippen MR) is 202 cm³/mol. The topological polar surface area (TPSA) is 0 Å². The van der Waals surface area contributed by atoms with Crippen molar-refractivity contribution in [3.05, 3.63) is 119 Å². The minimum absolute atomic E-state index is 0. The Morgan fingerprint density at radius 1 is 0.500 bits per heavy atom. The summed E-state index contributed by atoms with van der Waals surface area (Å²) in [5.41, 5.74) is 11.5. The SMILES string of the molecule is C.C#CCC1(C)c2ccccc2-c2ccccc21.CC.CC.CC.CC.CCCCC1(C)c2ccccc2-c2ccccc21. The highest BCUT2D eigenvalue weighted by Gasteiger charge is 2.39. The molecule has 0 saturated carbocycles. The van der Waals surface area contributed by atoms with Gasteiger partial charge in [0.05, 0.1) is 0 Å². The summed E-state index contributed by atoms with van der Waals surface area (Å²) >= 11 is 0. The predicted octanol–water partition coefficient (Wildman–Crippen LogP) is 13.9. The van der Waals surface area contributed by atoms with Gasteiger partial charge in [0.2, 0.25) is 0 Å². The van der Waals surface area contributed by atoms with Crippen LogP contribution in [0.15, 0.2) is 97.1 Å². The largest absolute Gasteiger partial charge is 0.120 e. The van der Waals surface area contributed by atoms with Crippen LogP contribution in [0.25, 0.3) is 22.3 Å².